The van der Waals surface area contributed by atoms with Gasteiger partial charge in [-0.15, -0.1) is 0 Å². The molecule has 0 spiro atoms. The van der Waals surface area contributed by atoms with Crippen LogP contribution in [0.2, 0.25) is 0 Å². The number of ketones is 1. The zero-order chi connectivity index (χ0) is 13.8. The Hall–Kier alpha value is -1.10. The van der Waals surface area contributed by atoms with Gasteiger partial charge in [-0.25, -0.2) is 4.79 Å². The lowest BCUT2D eigenvalue weighted by Gasteiger charge is -2.22. The average Bonchev–Trinajstić information content (AvgIpc) is 2.82. The van der Waals surface area contributed by atoms with Crippen molar-refractivity contribution in [2.24, 2.45) is 0 Å². The number of hydrogen-bond acceptors (Lipinski definition) is 3. The Kier molecular flexibility index (Phi) is 4.80. The molecule has 1 heterocycles. The van der Waals surface area contributed by atoms with Crippen LogP contribution in [0.4, 0.5) is 4.79 Å². The summed E-state index contributed by atoms with van der Waals surface area (Å²) in [5.74, 6) is 0.225. The van der Waals surface area contributed by atoms with E-state index in [0.717, 1.165) is 25.7 Å². The van der Waals surface area contributed by atoms with E-state index in [-0.39, 0.29) is 30.0 Å². The standard InChI is InChI=1S/C14H24N2O3/c1-2-3-4-5-10(17)6-7-16-13-9-11(18)8-12(13)15-14(16)19/h10,12-13,17H,2-9H2,1H3,(H,15,19)/t10?,12-,13+/m1/s1. The molecule has 2 rings (SSSR count). The number of amides is 2. The number of unbranched alkanes of at least 4 members (excludes halogenated alkanes) is 2. The summed E-state index contributed by atoms with van der Waals surface area (Å²) >= 11 is 0. The number of aliphatic hydroxyl groups excluding tert-OH is 1. The van der Waals surface area contributed by atoms with Crippen molar-refractivity contribution in [3.63, 3.8) is 0 Å². The largest absolute Gasteiger partial charge is 0.393 e. The van der Waals surface area contributed by atoms with Crippen LogP contribution in [0.5, 0.6) is 0 Å². The summed E-state index contributed by atoms with van der Waals surface area (Å²) in [5.41, 5.74) is 0. The van der Waals surface area contributed by atoms with Crippen LogP contribution in [0, 0.1) is 0 Å². The van der Waals surface area contributed by atoms with Gasteiger partial charge in [0.1, 0.15) is 5.78 Å². The molecule has 1 aliphatic carbocycles. The van der Waals surface area contributed by atoms with Crippen LogP contribution >= 0.6 is 0 Å². The zero-order valence-corrected chi connectivity index (χ0v) is 11.6. The molecule has 2 amide bonds. The van der Waals surface area contributed by atoms with E-state index in [0.29, 0.717) is 25.8 Å². The third kappa shape index (κ3) is 3.47. The summed E-state index contributed by atoms with van der Waals surface area (Å²) < 4.78 is 0. The predicted octanol–water partition coefficient (Wildman–Crippen LogP) is 1.44. The number of carbonyl (C=O) groups is 2. The molecule has 0 bridgehead atoms. The lowest BCUT2D eigenvalue weighted by atomic mass is 10.1. The first-order valence-electron chi connectivity index (χ1n) is 7.38. The average molecular weight is 268 g/mol. The first-order valence-corrected chi connectivity index (χ1v) is 7.38. The van der Waals surface area contributed by atoms with Crippen molar-refractivity contribution in [2.75, 3.05) is 6.54 Å². The van der Waals surface area contributed by atoms with Crippen molar-refractivity contribution in [1.82, 2.24) is 10.2 Å². The minimum absolute atomic E-state index is 0.00256. The molecular formula is C14H24N2O3. The molecule has 108 valence electrons. The van der Waals surface area contributed by atoms with Gasteiger partial charge in [-0.05, 0) is 12.8 Å². The van der Waals surface area contributed by atoms with Crippen LogP contribution in [0.15, 0.2) is 0 Å². The van der Waals surface area contributed by atoms with Crippen molar-refractivity contribution in [2.45, 2.75) is 70.1 Å². The van der Waals surface area contributed by atoms with Gasteiger partial charge in [-0.1, -0.05) is 26.2 Å². The Labute approximate surface area is 114 Å². The van der Waals surface area contributed by atoms with E-state index in [9.17, 15) is 14.7 Å². The summed E-state index contributed by atoms with van der Waals surface area (Å²) in [4.78, 5) is 24.9. The molecule has 0 aromatic rings. The van der Waals surface area contributed by atoms with Crippen LogP contribution in [0.1, 0.15) is 51.9 Å². The summed E-state index contributed by atoms with van der Waals surface area (Å²) in [7, 11) is 0. The van der Waals surface area contributed by atoms with Gasteiger partial charge in [-0.2, -0.15) is 0 Å². The van der Waals surface area contributed by atoms with Gasteiger partial charge in [0.2, 0.25) is 0 Å². The maximum absolute atomic E-state index is 11.8. The highest BCUT2D eigenvalue weighted by Crippen LogP contribution is 2.27. The number of Topliss-reactive ketones (excluding diaryl/α,β-unsaturated/α-hetero) is 1. The van der Waals surface area contributed by atoms with Gasteiger partial charge in [0, 0.05) is 19.4 Å². The molecule has 3 atom stereocenters. The zero-order valence-electron chi connectivity index (χ0n) is 11.6. The van der Waals surface area contributed by atoms with Gasteiger partial charge in [0.25, 0.3) is 0 Å². The Morgan fingerprint density at radius 1 is 1.32 bits per heavy atom. The third-order valence-corrected chi connectivity index (χ3v) is 4.16. The molecular weight excluding hydrogens is 244 g/mol. The van der Waals surface area contributed by atoms with Crippen LogP contribution in [0.25, 0.3) is 0 Å². The highest BCUT2D eigenvalue weighted by molar-refractivity contribution is 5.88. The molecule has 5 heteroatoms. The van der Waals surface area contributed by atoms with Crippen molar-refractivity contribution < 1.29 is 14.7 Å². The first kappa shape index (κ1) is 14.3. The Morgan fingerprint density at radius 2 is 2.11 bits per heavy atom. The van der Waals surface area contributed by atoms with Gasteiger partial charge in [0.05, 0.1) is 18.2 Å². The predicted molar refractivity (Wildman–Crippen MR) is 71.8 cm³/mol. The van der Waals surface area contributed by atoms with E-state index in [1.54, 1.807) is 4.90 Å². The fraction of sp³-hybridized carbons (Fsp3) is 0.857. The van der Waals surface area contributed by atoms with Crippen molar-refractivity contribution >= 4 is 11.8 Å². The fourth-order valence-electron chi connectivity index (χ4n) is 3.04. The maximum Gasteiger partial charge on any atom is 0.318 e. The van der Waals surface area contributed by atoms with Crippen molar-refractivity contribution in [3.05, 3.63) is 0 Å². The number of urea groups is 1. The van der Waals surface area contributed by atoms with Crippen LogP contribution in [-0.2, 0) is 4.79 Å². The van der Waals surface area contributed by atoms with Gasteiger partial charge >= 0.3 is 6.03 Å². The normalized spacial score (nSPS) is 27.6. The molecule has 1 saturated carbocycles. The van der Waals surface area contributed by atoms with Crippen LogP contribution in [0.3, 0.4) is 0 Å². The highest BCUT2D eigenvalue weighted by Gasteiger charge is 2.45. The smallest absolute Gasteiger partial charge is 0.318 e. The van der Waals surface area contributed by atoms with Crippen LogP contribution in [-0.4, -0.2) is 46.6 Å². The summed E-state index contributed by atoms with van der Waals surface area (Å²) in [6.45, 7) is 2.69. The minimum Gasteiger partial charge on any atom is -0.393 e. The summed E-state index contributed by atoms with van der Waals surface area (Å²) in [6.07, 6.45) is 5.32. The van der Waals surface area contributed by atoms with E-state index in [4.69, 9.17) is 0 Å². The molecule has 0 aromatic carbocycles. The maximum atomic E-state index is 11.8. The molecule has 2 N–H and O–H groups in total. The molecule has 5 nitrogen and oxygen atoms in total. The molecule has 0 aromatic heterocycles. The Morgan fingerprint density at radius 3 is 2.84 bits per heavy atom. The number of aliphatic hydroxyl groups is 1. The van der Waals surface area contributed by atoms with Crippen LogP contribution < -0.4 is 5.32 Å². The molecule has 1 unspecified atom stereocenters. The van der Waals surface area contributed by atoms with E-state index < -0.39 is 0 Å². The van der Waals surface area contributed by atoms with E-state index in [2.05, 4.69) is 12.2 Å². The second-order valence-electron chi connectivity index (χ2n) is 5.70. The van der Waals surface area contributed by atoms with Gasteiger partial charge in [-0.3, -0.25) is 4.79 Å². The molecule has 2 fully saturated rings. The number of nitrogens with one attached hydrogen (secondary N) is 1. The van der Waals surface area contributed by atoms with Crippen molar-refractivity contribution in [3.8, 4) is 0 Å². The van der Waals surface area contributed by atoms with Gasteiger partial charge in [0.15, 0.2) is 0 Å². The molecule has 19 heavy (non-hydrogen) atoms. The monoisotopic (exact) mass is 268 g/mol. The Bertz CT molecular complexity index is 346. The number of nitrogens with zero attached hydrogens (tertiary/aromatic N) is 1. The summed E-state index contributed by atoms with van der Waals surface area (Å²) in [5, 5.41) is 12.7. The van der Waals surface area contributed by atoms with E-state index in [1.165, 1.54) is 0 Å². The first-order chi connectivity index (χ1) is 9.11. The SMILES string of the molecule is CCCCCC(O)CCN1C(=O)N[C@@H]2CC(=O)C[C@@H]21. The molecule has 1 aliphatic heterocycles. The van der Waals surface area contributed by atoms with E-state index in [1.807, 2.05) is 0 Å². The second-order valence-corrected chi connectivity index (χ2v) is 5.70. The third-order valence-electron chi connectivity index (χ3n) is 4.16. The quantitative estimate of drug-likeness (QED) is 0.686. The topological polar surface area (TPSA) is 69.6 Å². The van der Waals surface area contributed by atoms with Crippen molar-refractivity contribution in [1.29, 1.82) is 0 Å². The highest BCUT2D eigenvalue weighted by atomic mass is 16.3. The molecule has 2 aliphatic rings. The minimum atomic E-state index is -0.337. The molecule has 1 saturated heterocycles. The summed E-state index contributed by atoms with van der Waals surface area (Å²) in [6, 6.07) is -0.0664. The lowest BCUT2D eigenvalue weighted by Crippen LogP contribution is -2.36. The number of fused-ring (bicyclic) bond motifs is 1. The number of hydrogen-bond donors (Lipinski definition) is 2. The van der Waals surface area contributed by atoms with E-state index >= 15 is 0 Å². The fourth-order valence-corrected chi connectivity index (χ4v) is 3.04. The molecule has 0 radical (unpaired) electrons. The lowest BCUT2D eigenvalue weighted by molar-refractivity contribution is -0.117. The van der Waals surface area contributed by atoms with Gasteiger partial charge < -0.3 is 15.3 Å². The number of carbonyl (C=O) groups excluding carboxylic acids is 2. The second kappa shape index (κ2) is 6.37. The Balaban J connectivity index is 1.75. The number of rotatable bonds is 7.